The molecule has 0 saturated carbocycles. The van der Waals surface area contributed by atoms with E-state index in [-0.39, 0.29) is 18.2 Å². The molecule has 26 heavy (non-hydrogen) atoms. The molecular formula is C19H28N4O3. The Morgan fingerprint density at radius 2 is 1.62 bits per heavy atom. The number of hydrazone groups is 1. The van der Waals surface area contributed by atoms with Gasteiger partial charge in [-0.3, -0.25) is 14.4 Å². The fourth-order valence-corrected chi connectivity index (χ4v) is 2.00. The van der Waals surface area contributed by atoms with Gasteiger partial charge in [0.25, 0.3) is 0 Å². The summed E-state index contributed by atoms with van der Waals surface area (Å²) < 4.78 is 0. The van der Waals surface area contributed by atoms with E-state index in [2.05, 4.69) is 35.0 Å². The van der Waals surface area contributed by atoms with Crippen molar-refractivity contribution in [2.75, 3.05) is 11.9 Å². The van der Waals surface area contributed by atoms with Gasteiger partial charge in [-0.25, -0.2) is 5.43 Å². The number of nitrogens with one attached hydrogen (secondary N) is 3. The van der Waals surface area contributed by atoms with Gasteiger partial charge >= 0.3 is 11.8 Å². The zero-order valence-electron chi connectivity index (χ0n) is 16.1. The molecule has 7 nitrogen and oxygen atoms in total. The fourth-order valence-electron chi connectivity index (χ4n) is 2.00. The Kier molecular flexibility index (Phi) is 8.48. The van der Waals surface area contributed by atoms with Crippen molar-refractivity contribution in [3.63, 3.8) is 0 Å². The minimum Gasteiger partial charge on any atom is -0.348 e. The Hall–Kier alpha value is -2.70. The van der Waals surface area contributed by atoms with Crippen LogP contribution in [-0.2, 0) is 14.4 Å². The average molecular weight is 360 g/mol. The normalized spacial score (nSPS) is 11.4. The number of hydrogen-bond acceptors (Lipinski definition) is 4. The van der Waals surface area contributed by atoms with Gasteiger partial charge in [-0.05, 0) is 36.5 Å². The molecule has 1 aromatic rings. The van der Waals surface area contributed by atoms with Crippen molar-refractivity contribution in [1.29, 1.82) is 0 Å². The van der Waals surface area contributed by atoms with Crippen LogP contribution < -0.4 is 16.1 Å². The Balaban J connectivity index is 2.46. The highest BCUT2D eigenvalue weighted by atomic mass is 16.2. The maximum absolute atomic E-state index is 12.0. The molecule has 0 aliphatic heterocycles. The lowest BCUT2D eigenvalue weighted by Crippen LogP contribution is -2.39. The smallest absolute Gasteiger partial charge is 0.329 e. The molecule has 0 bridgehead atoms. The van der Waals surface area contributed by atoms with Gasteiger partial charge in [0.05, 0.1) is 6.42 Å². The Labute approximate surface area is 154 Å². The first-order valence-electron chi connectivity index (χ1n) is 8.70. The van der Waals surface area contributed by atoms with Crippen LogP contribution in [0.5, 0.6) is 0 Å². The van der Waals surface area contributed by atoms with Crippen molar-refractivity contribution in [2.24, 2.45) is 11.0 Å². The topological polar surface area (TPSA) is 99.7 Å². The van der Waals surface area contributed by atoms with Gasteiger partial charge < -0.3 is 10.6 Å². The summed E-state index contributed by atoms with van der Waals surface area (Å²) in [4.78, 5) is 35.1. The molecule has 0 heterocycles. The first kappa shape index (κ1) is 21.3. The molecule has 1 rings (SSSR count). The summed E-state index contributed by atoms with van der Waals surface area (Å²) in [6, 6.07) is 7.63. The zero-order valence-corrected chi connectivity index (χ0v) is 16.1. The van der Waals surface area contributed by atoms with Crippen molar-refractivity contribution in [3.05, 3.63) is 29.8 Å². The van der Waals surface area contributed by atoms with Crippen LogP contribution in [0.4, 0.5) is 5.69 Å². The number of carbonyl (C=O) groups is 3. The van der Waals surface area contributed by atoms with Crippen molar-refractivity contribution < 1.29 is 14.4 Å². The number of nitrogens with zero attached hydrogens (tertiary/aromatic N) is 1. The predicted molar refractivity (Wildman–Crippen MR) is 103 cm³/mol. The van der Waals surface area contributed by atoms with Crippen molar-refractivity contribution >= 4 is 29.1 Å². The van der Waals surface area contributed by atoms with Crippen LogP contribution in [0.3, 0.4) is 0 Å². The van der Waals surface area contributed by atoms with E-state index in [4.69, 9.17) is 0 Å². The molecule has 1 aromatic carbocycles. The first-order chi connectivity index (χ1) is 12.2. The number of hydrogen-bond donors (Lipinski definition) is 3. The quantitative estimate of drug-likeness (QED) is 0.395. The van der Waals surface area contributed by atoms with Crippen molar-refractivity contribution in [1.82, 2.24) is 10.7 Å². The van der Waals surface area contributed by atoms with Gasteiger partial charge in [-0.15, -0.1) is 0 Å². The van der Waals surface area contributed by atoms with Gasteiger partial charge in [0.15, 0.2) is 0 Å². The molecule has 0 aliphatic rings. The maximum Gasteiger partial charge on any atom is 0.329 e. The van der Waals surface area contributed by atoms with Crippen LogP contribution in [0.2, 0.25) is 0 Å². The summed E-state index contributed by atoms with van der Waals surface area (Å²) >= 11 is 0. The van der Waals surface area contributed by atoms with E-state index in [1.807, 2.05) is 38.1 Å². The highest BCUT2D eigenvalue weighted by Gasteiger charge is 2.13. The van der Waals surface area contributed by atoms with Gasteiger partial charge in [-0.2, -0.15) is 5.10 Å². The van der Waals surface area contributed by atoms with E-state index in [1.54, 1.807) is 6.92 Å². The van der Waals surface area contributed by atoms with Crippen molar-refractivity contribution in [2.45, 2.75) is 47.0 Å². The summed E-state index contributed by atoms with van der Waals surface area (Å²) in [7, 11) is 0. The van der Waals surface area contributed by atoms with Crippen molar-refractivity contribution in [3.8, 4) is 0 Å². The lowest BCUT2D eigenvalue weighted by atomic mass is 10.0. The third kappa shape index (κ3) is 7.92. The molecule has 0 aliphatic carbocycles. The Morgan fingerprint density at radius 3 is 2.15 bits per heavy atom. The molecule has 0 aromatic heterocycles. The number of amides is 3. The van der Waals surface area contributed by atoms with Gasteiger partial charge in [0.1, 0.15) is 0 Å². The largest absolute Gasteiger partial charge is 0.348 e. The number of anilines is 1. The molecule has 3 amide bonds. The van der Waals surface area contributed by atoms with Crippen LogP contribution in [-0.4, -0.2) is 30.0 Å². The molecule has 0 atom stereocenters. The molecule has 7 heteroatoms. The van der Waals surface area contributed by atoms with E-state index < -0.39 is 11.8 Å². The molecule has 0 saturated heterocycles. The molecule has 3 N–H and O–H groups in total. The van der Waals surface area contributed by atoms with E-state index in [1.165, 1.54) is 5.56 Å². The lowest BCUT2D eigenvalue weighted by Gasteiger charge is -2.09. The summed E-state index contributed by atoms with van der Waals surface area (Å²) in [6.07, 6.45) is 0.0137. The van der Waals surface area contributed by atoms with E-state index in [0.29, 0.717) is 23.9 Å². The highest BCUT2D eigenvalue weighted by molar-refractivity contribution is 6.35. The SMILES string of the molecule is CC(CC(=O)Nc1ccc(C(C)C)cc1)=NNC(=O)C(=O)NCC(C)C. The molecule has 0 fully saturated rings. The van der Waals surface area contributed by atoms with Gasteiger partial charge in [0, 0.05) is 17.9 Å². The number of benzene rings is 1. The van der Waals surface area contributed by atoms with E-state index in [0.717, 1.165) is 0 Å². The first-order valence-corrected chi connectivity index (χ1v) is 8.70. The third-order valence-corrected chi connectivity index (χ3v) is 3.50. The van der Waals surface area contributed by atoms with Crippen LogP contribution in [0.15, 0.2) is 29.4 Å². The van der Waals surface area contributed by atoms with Gasteiger partial charge in [0.2, 0.25) is 5.91 Å². The average Bonchev–Trinajstić information content (AvgIpc) is 2.57. The van der Waals surface area contributed by atoms with Gasteiger partial charge in [-0.1, -0.05) is 39.8 Å². The second-order valence-corrected chi connectivity index (χ2v) is 6.89. The maximum atomic E-state index is 12.0. The van der Waals surface area contributed by atoms with E-state index in [9.17, 15) is 14.4 Å². The number of carbonyl (C=O) groups excluding carboxylic acids is 3. The highest BCUT2D eigenvalue weighted by Crippen LogP contribution is 2.17. The third-order valence-electron chi connectivity index (χ3n) is 3.50. The summed E-state index contributed by atoms with van der Waals surface area (Å²) in [5, 5.41) is 9.05. The molecule has 142 valence electrons. The summed E-state index contributed by atoms with van der Waals surface area (Å²) in [5.41, 5.74) is 4.44. The van der Waals surface area contributed by atoms with E-state index >= 15 is 0 Å². The molecular weight excluding hydrogens is 332 g/mol. The second-order valence-electron chi connectivity index (χ2n) is 6.89. The molecule has 0 unspecified atom stereocenters. The van der Waals surface area contributed by atoms with Crippen LogP contribution in [0.25, 0.3) is 0 Å². The fraction of sp³-hybridized carbons (Fsp3) is 0.474. The zero-order chi connectivity index (χ0) is 19.7. The second kappa shape index (κ2) is 10.3. The molecule has 0 radical (unpaired) electrons. The minimum atomic E-state index is -0.852. The Morgan fingerprint density at radius 1 is 1.00 bits per heavy atom. The monoisotopic (exact) mass is 360 g/mol. The lowest BCUT2D eigenvalue weighted by molar-refractivity contribution is -0.139. The van der Waals surface area contributed by atoms with Crippen LogP contribution in [0, 0.1) is 5.92 Å². The Bertz CT molecular complexity index is 664. The van der Waals surface area contributed by atoms with Crippen LogP contribution >= 0.6 is 0 Å². The molecule has 0 spiro atoms. The standard InChI is InChI=1S/C19H28N4O3/c1-12(2)11-20-18(25)19(26)23-22-14(5)10-17(24)21-16-8-6-15(7-9-16)13(3)4/h6-9,12-13H,10-11H2,1-5H3,(H,20,25)(H,21,24)(H,23,26). The predicted octanol–water partition coefficient (Wildman–Crippen LogP) is 2.40. The summed E-state index contributed by atoms with van der Waals surface area (Å²) in [6.45, 7) is 10.1. The number of rotatable bonds is 7. The van der Waals surface area contributed by atoms with Crippen LogP contribution in [0.1, 0.15) is 52.5 Å². The summed E-state index contributed by atoms with van der Waals surface area (Å²) in [5.74, 6) is -1.17. The minimum absolute atomic E-state index is 0.0137.